The first-order valence-electron chi connectivity index (χ1n) is 6.95. The molecule has 0 spiro atoms. The second-order valence-corrected chi connectivity index (χ2v) is 5.05. The average Bonchev–Trinajstić information content (AvgIpc) is 2.86. The number of aliphatic imine (C=N–C) groups is 1. The lowest BCUT2D eigenvalue weighted by Gasteiger charge is -2.21. The average molecular weight is 394 g/mol. The molecule has 0 unspecified atom stereocenters. The summed E-state index contributed by atoms with van der Waals surface area (Å²) in [5.74, 6) is 2.12. The lowest BCUT2D eigenvalue weighted by molar-refractivity contribution is 0.368. The number of hydrogen-bond donors (Lipinski definition) is 1. The largest absolute Gasteiger partial charge is 0.359 e. The molecule has 5 nitrogen and oxygen atoms in total. The maximum Gasteiger partial charge on any atom is 0.193 e. The molecule has 1 aromatic heterocycles. The van der Waals surface area contributed by atoms with Crippen molar-refractivity contribution in [1.82, 2.24) is 15.4 Å². The maximum absolute atomic E-state index is 5.30. The van der Waals surface area contributed by atoms with Crippen LogP contribution >= 0.6 is 24.0 Å². The summed E-state index contributed by atoms with van der Waals surface area (Å²) in [7, 11) is 3.84. The zero-order valence-electron chi connectivity index (χ0n) is 13.1. The summed E-state index contributed by atoms with van der Waals surface area (Å²) in [5, 5.41) is 7.33. The van der Waals surface area contributed by atoms with Crippen molar-refractivity contribution < 1.29 is 4.52 Å². The van der Waals surface area contributed by atoms with E-state index < -0.39 is 0 Å². The van der Waals surface area contributed by atoms with Crippen molar-refractivity contribution in [3.05, 3.63) is 17.5 Å². The first kappa shape index (κ1) is 19.2. The first-order valence-corrected chi connectivity index (χ1v) is 6.95. The van der Waals surface area contributed by atoms with Gasteiger partial charge in [0, 0.05) is 26.7 Å². The van der Waals surface area contributed by atoms with Gasteiger partial charge in [0.1, 0.15) is 0 Å². The van der Waals surface area contributed by atoms with Gasteiger partial charge in [0.15, 0.2) is 11.7 Å². The second-order valence-electron chi connectivity index (χ2n) is 5.05. The Hall–Kier alpha value is -0.790. The molecule has 116 valence electrons. The van der Waals surface area contributed by atoms with Crippen LogP contribution in [0.2, 0.25) is 0 Å². The van der Waals surface area contributed by atoms with Gasteiger partial charge in [-0.1, -0.05) is 32.3 Å². The second kappa shape index (κ2) is 10.0. The van der Waals surface area contributed by atoms with Crippen molar-refractivity contribution in [1.29, 1.82) is 0 Å². The molecular formula is C14H27IN4O. The van der Waals surface area contributed by atoms with Crippen LogP contribution in [0.25, 0.3) is 0 Å². The zero-order chi connectivity index (χ0) is 14.3. The van der Waals surface area contributed by atoms with Crippen LogP contribution in [0.3, 0.4) is 0 Å². The molecule has 1 heterocycles. The normalized spacial score (nSPS) is 11.4. The van der Waals surface area contributed by atoms with Crippen LogP contribution in [0.15, 0.2) is 15.6 Å². The fourth-order valence-corrected chi connectivity index (χ4v) is 1.74. The molecule has 1 N–H and O–H groups in total. The molecule has 20 heavy (non-hydrogen) atoms. The van der Waals surface area contributed by atoms with E-state index in [2.05, 4.69) is 41.1 Å². The molecule has 1 aromatic rings. The molecule has 0 fully saturated rings. The zero-order valence-corrected chi connectivity index (χ0v) is 15.5. The van der Waals surface area contributed by atoms with Crippen LogP contribution < -0.4 is 5.32 Å². The molecule has 0 aromatic carbocycles. The van der Waals surface area contributed by atoms with Gasteiger partial charge >= 0.3 is 0 Å². The lowest BCUT2D eigenvalue weighted by atomic mass is 10.1. The van der Waals surface area contributed by atoms with Gasteiger partial charge in [0.25, 0.3) is 0 Å². The monoisotopic (exact) mass is 394 g/mol. The summed E-state index contributed by atoms with van der Waals surface area (Å²) in [6.45, 7) is 8.01. The Labute approximate surface area is 139 Å². The Morgan fingerprint density at radius 1 is 1.50 bits per heavy atom. The SMILES string of the molecule is CCCCN(C)C(=NC)NCc1cc(C(C)C)no1.I. The van der Waals surface area contributed by atoms with E-state index in [0.29, 0.717) is 12.5 Å². The van der Waals surface area contributed by atoms with E-state index in [1.54, 1.807) is 7.05 Å². The summed E-state index contributed by atoms with van der Waals surface area (Å²) in [6.07, 6.45) is 2.35. The van der Waals surface area contributed by atoms with Crippen molar-refractivity contribution in [2.45, 2.75) is 46.1 Å². The summed E-state index contributed by atoms with van der Waals surface area (Å²) in [4.78, 5) is 6.40. The van der Waals surface area contributed by atoms with Gasteiger partial charge < -0.3 is 14.7 Å². The fraction of sp³-hybridized carbons (Fsp3) is 0.714. The van der Waals surface area contributed by atoms with E-state index in [1.165, 1.54) is 6.42 Å². The van der Waals surface area contributed by atoms with Crippen LogP contribution in [-0.4, -0.2) is 36.7 Å². The van der Waals surface area contributed by atoms with E-state index in [0.717, 1.165) is 30.4 Å². The summed E-state index contributed by atoms with van der Waals surface area (Å²) < 4.78 is 5.30. The number of nitrogens with zero attached hydrogens (tertiary/aromatic N) is 3. The maximum atomic E-state index is 5.30. The van der Waals surface area contributed by atoms with E-state index in [4.69, 9.17) is 4.52 Å². The molecular weight excluding hydrogens is 367 g/mol. The molecule has 0 radical (unpaired) electrons. The molecule has 6 heteroatoms. The number of unbranched alkanes of at least 4 members (excludes halogenated alkanes) is 1. The summed E-state index contributed by atoms with van der Waals surface area (Å²) >= 11 is 0. The molecule has 0 saturated heterocycles. The van der Waals surface area contributed by atoms with Gasteiger partial charge in [-0.15, -0.1) is 24.0 Å². The third-order valence-electron chi connectivity index (χ3n) is 3.01. The Morgan fingerprint density at radius 3 is 2.70 bits per heavy atom. The Kier molecular flexibility index (Phi) is 9.62. The molecule has 0 saturated carbocycles. The molecule has 0 aliphatic carbocycles. The first-order chi connectivity index (χ1) is 9.08. The minimum absolute atomic E-state index is 0. The van der Waals surface area contributed by atoms with Crippen molar-refractivity contribution in [2.75, 3.05) is 20.6 Å². The van der Waals surface area contributed by atoms with Gasteiger partial charge in [-0.3, -0.25) is 4.99 Å². The van der Waals surface area contributed by atoms with Crippen molar-refractivity contribution >= 4 is 29.9 Å². The lowest BCUT2D eigenvalue weighted by Crippen LogP contribution is -2.38. The highest BCUT2D eigenvalue weighted by molar-refractivity contribution is 14.0. The van der Waals surface area contributed by atoms with E-state index in [-0.39, 0.29) is 24.0 Å². The van der Waals surface area contributed by atoms with Crippen LogP contribution in [0.1, 0.15) is 51.0 Å². The number of hydrogen-bond acceptors (Lipinski definition) is 3. The smallest absolute Gasteiger partial charge is 0.193 e. The Bertz CT molecular complexity index is 404. The van der Waals surface area contributed by atoms with Crippen LogP contribution in [0, 0.1) is 0 Å². The molecule has 0 aliphatic rings. The number of aromatic nitrogens is 1. The fourth-order valence-electron chi connectivity index (χ4n) is 1.74. The van der Waals surface area contributed by atoms with Crippen molar-refractivity contribution in [3.63, 3.8) is 0 Å². The van der Waals surface area contributed by atoms with E-state index >= 15 is 0 Å². The number of halogens is 1. The third-order valence-corrected chi connectivity index (χ3v) is 3.01. The molecule has 0 bridgehead atoms. The minimum Gasteiger partial charge on any atom is -0.359 e. The number of nitrogens with one attached hydrogen (secondary N) is 1. The van der Waals surface area contributed by atoms with E-state index in [1.807, 2.05) is 13.1 Å². The molecule has 0 atom stereocenters. The van der Waals surface area contributed by atoms with Gasteiger partial charge in [-0.25, -0.2) is 0 Å². The summed E-state index contributed by atoms with van der Waals surface area (Å²) in [6, 6.07) is 2.00. The van der Waals surface area contributed by atoms with Gasteiger partial charge in [-0.05, 0) is 12.3 Å². The topological polar surface area (TPSA) is 53.7 Å². The number of rotatable bonds is 6. The highest BCUT2D eigenvalue weighted by Crippen LogP contribution is 2.13. The highest BCUT2D eigenvalue weighted by atomic mass is 127. The predicted molar refractivity (Wildman–Crippen MR) is 93.7 cm³/mol. The quantitative estimate of drug-likeness (QED) is 0.457. The standard InChI is InChI=1S/C14H26N4O.HI/c1-6-7-8-18(5)14(15-4)16-10-12-9-13(11(2)3)17-19-12;/h9,11H,6-8,10H2,1-5H3,(H,15,16);1H. The summed E-state index contributed by atoms with van der Waals surface area (Å²) in [5.41, 5.74) is 0.992. The Balaban J connectivity index is 0.00000361. The van der Waals surface area contributed by atoms with Crippen molar-refractivity contribution in [2.24, 2.45) is 4.99 Å². The van der Waals surface area contributed by atoms with Crippen molar-refractivity contribution in [3.8, 4) is 0 Å². The van der Waals surface area contributed by atoms with Gasteiger partial charge in [-0.2, -0.15) is 0 Å². The molecule has 0 aliphatic heterocycles. The van der Waals surface area contributed by atoms with Crippen LogP contribution in [-0.2, 0) is 6.54 Å². The Morgan fingerprint density at radius 2 is 2.20 bits per heavy atom. The highest BCUT2D eigenvalue weighted by Gasteiger charge is 2.09. The minimum atomic E-state index is 0. The third kappa shape index (κ3) is 6.11. The van der Waals surface area contributed by atoms with Gasteiger partial charge in [0.2, 0.25) is 0 Å². The van der Waals surface area contributed by atoms with Crippen LogP contribution in [0.5, 0.6) is 0 Å². The molecule has 1 rings (SSSR count). The van der Waals surface area contributed by atoms with E-state index in [9.17, 15) is 0 Å². The predicted octanol–water partition coefficient (Wildman–Crippen LogP) is 3.22. The number of guanidine groups is 1. The van der Waals surface area contributed by atoms with Crippen LogP contribution in [0.4, 0.5) is 0 Å². The van der Waals surface area contributed by atoms with Gasteiger partial charge in [0.05, 0.1) is 12.2 Å². The molecule has 0 amide bonds.